The standard InChI is InChI=1S/C18H12F5N3O3S/c1-30(28,9-12-5-6-13(19)8-14(12)20)26-16(27)11-4-2-3-10(7-11)15-24-17(29-25-15)18(21,22)23/h2-8H,9H2,1H3. The van der Waals surface area contributed by atoms with Crippen LogP contribution < -0.4 is 0 Å². The Balaban J connectivity index is 1.87. The highest BCUT2D eigenvalue weighted by atomic mass is 32.2. The molecule has 3 rings (SSSR count). The maximum atomic E-state index is 13.8. The second kappa shape index (κ2) is 7.94. The van der Waals surface area contributed by atoms with Gasteiger partial charge in [-0.15, -0.1) is 0 Å². The van der Waals surface area contributed by atoms with Crippen molar-refractivity contribution in [3.63, 3.8) is 0 Å². The molecule has 0 spiro atoms. The van der Waals surface area contributed by atoms with Crippen LogP contribution in [-0.2, 0) is 21.7 Å². The molecule has 3 aromatic rings. The van der Waals surface area contributed by atoms with Gasteiger partial charge in [0.2, 0.25) is 5.82 Å². The number of amides is 1. The lowest BCUT2D eigenvalue weighted by Crippen LogP contribution is -2.07. The van der Waals surface area contributed by atoms with E-state index in [2.05, 4.69) is 19.0 Å². The quantitative estimate of drug-likeness (QED) is 0.553. The number of benzene rings is 2. The number of nitrogens with zero attached hydrogens (tertiary/aromatic N) is 3. The van der Waals surface area contributed by atoms with Gasteiger partial charge in [-0.1, -0.05) is 23.4 Å². The Labute approximate surface area is 166 Å². The molecule has 0 aliphatic rings. The van der Waals surface area contributed by atoms with Crippen LogP contribution in [0.5, 0.6) is 0 Å². The SMILES string of the molecule is CS(=O)(Cc1ccc(F)cc1F)=NC(=O)c1cccc(-c2noc(C(F)(F)F)n2)c1. The number of alkyl halides is 3. The second-order valence-electron chi connectivity index (χ2n) is 6.24. The first-order valence-corrected chi connectivity index (χ1v) is 10.2. The number of carbonyl (C=O) groups is 1. The van der Waals surface area contributed by atoms with Crippen molar-refractivity contribution in [1.82, 2.24) is 10.1 Å². The molecule has 6 nitrogen and oxygen atoms in total. The molecule has 1 heterocycles. The Kier molecular flexibility index (Phi) is 5.70. The molecule has 0 fully saturated rings. The van der Waals surface area contributed by atoms with Crippen LogP contribution in [0.4, 0.5) is 22.0 Å². The maximum Gasteiger partial charge on any atom is 0.471 e. The molecule has 12 heteroatoms. The first kappa shape index (κ1) is 21.6. The van der Waals surface area contributed by atoms with Crippen molar-refractivity contribution < 1.29 is 35.5 Å². The highest BCUT2D eigenvalue weighted by molar-refractivity contribution is 7.92. The summed E-state index contributed by atoms with van der Waals surface area (Å²) in [4.78, 5) is 15.6. The van der Waals surface area contributed by atoms with Crippen LogP contribution in [0.1, 0.15) is 21.8 Å². The molecule has 1 unspecified atom stereocenters. The molecule has 0 saturated carbocycles. The predicted octanol–water partition coefficient (Wildman–Crippen LogP) is 4.47. The van der Waals surface area contributed by atoms with Crippen LogP contribution in [0.3, 0.4) is 0 Å². The lowest BCUT2D eigenvalue weighted by atomic mass is 10.1. The minimum Gasteiger partial charge on any atom is -0.329 e. The van der Waals surface area contributed by atoms with Crippen LogP contribution >= 0.6 is 0 Å². The molecule has 0 aliphatic heterocycles. The highest BCUT2D eigenvalue weighted by Crippen LogP contribution is 2.29. The number of hydrogen-bond acceptors (Lipinski definition) is 5. The third-order valence-corrected chi connectivity index (χ3v) is 5.15. The van der Waals surface area contributed by atoms with Gasteiger partial charge in [0.05, 0.1) is 15.5 Å². The van der Waals surface area contributed by atoms with E-state index in [-0.39, 0.29) is 16.7 Å². The monoisotopic (exact) mass is 445 g/mol. The average molecular weight is 445 g/mol. The summed E-state index contributed by atoms with van der Waals surface area (Å²) in [5.74, 6) is -5.05. The number of aromatic nitrogens is 2. The fourth-order valence-electron chi connectivity index (χ4n) is 2.43. The summed E-state index contributed by atoms with van der Waals surface area (Å²) in [6.07, 6.45) is -3.69. The van der Waals surface area contributed by atoms with Crippen molar-refractivity contribution in [3.05, 3.63) is 71.1 Å². The van der Waals surface area contributed by atoms with Crippen LogP contribution in [0.25, 0.3) is 11.4 Å². The Morgan fingerprint density at radius 3 is 2.53 bits per heavy atom. The number of rotatable bonds is 4. The van der Waals surface area contributed by atoms with Crippen molar-refractivity contribution >= 4 is 15.6 Å². The molecule has 2 aromatic carbocycles. The van der Waals surface area contributed by atoms with E-state index in [1.807, 2.05) is 0 Å². The summed E-state index contributed by atoms with van der Waals surface area (Å²) in [6, 6.07) is 7.86. The van der Waals surface area contributed by atoms with Gasteiger partial charge >= 0.3 is 12.1 Å². The summed E-state index contributed by atoms with van der Waals surface area (Å²) in [5.41, 5.74) is -0.136. The molecule has 0 aliphatic carbocycles. The first-order valence-electron chi connectivity index (χ1n) is 8.14. The maximum absolute atomic E-state index is 13.8. The number of halogens is 5. The molecule has 158 valence electrons. The van der Waals surface area contributed by atoms with Gasteiger partial charge in [-0.25, -0.2) is 13.0 Å². The zero-order valence-corrected chi connectivity index (χ0v) is 15.9. The largest absolute Gasteiger partial charge is 0.471 e. The molecule has 30 heavy (non-hydrogen) atoms. The van der Waals surface area contributed by atoms with E-state index < -0.39 is 50.9 Å². The molecule has 1 amide bonds. The van der Waals surface area contributed by atoms with Gasteiger partial charge in [0, 0.05) is 29.0 Å². The molecule has 0 radical (unpaired) electrons. The number of carbonyl (C=O) groups excluding carboxylic acids is 1. The van der Waals surface area contributed by atoms with Crippen molar-refractivity contribution in [2.24, 2.45) is 4.36 Å². The Morgan fingerprint density at radius 1 is 1.17 bits per heavy atom. The van der Waals surface area contributed by atoms with Gasteiger partial charge < -0.3 is 4.52 Å². The van der Waals surface area contributed by atoms with Crippen LogP contribution in [-0.4, -0.2) is 26.5 Å². The fraction of sp³-hybridized carbons (Fsp3) is 0.167. The van der Waals surface area contributed by atoms with E-state index in [4.69, 9.17) is 0 Å². The van der Waals surface area contributed by atoms with E-state index in [9.17, 15) is 31.0 Å². The van der Waals surface area contributed by atoms with E-state index in [0.29, 0.717) is 6.07 Å². The normalized spacial score (nSPS) is 13.7. The fourth-order valence-corrected chi connectivity index (χ4v) is 3.77. The van der Waals surface area contributed by atoms with Crippen molar-refractivity contribution in [2.75, 3.05) is 6.26 Å². The first-order chi connectivity index (χ1) is 13.9. The molecule has 0 N–H and O–H groups in total. The van der Waals surface area contributed by atoms with E-state index in [1.54, 1.807) is 0 Å². The second-order valence-corrected chi connectivity index (χ2v) is 8.63. The molecule has 1 aromatic heterocycles. The summed E-state index contributed by atoms with van der Waals surface area (Å²) in [7, 11) is -3.25. The third kappa shape index (κ3) is 5.06. The lowest BCUT2D eigenvalue weighted by Gasteiger charge is -2.06. The van der Waals surface area contributed by atoms with Gasteiger partial charge in [-0.2, -0.15) is 22.5 Å². The minimum atomic E-state index is -4.82. The zero-order valence-electron chi connectivity index (χ0n) is 15.1. The van der Waals surface area contributed by atoms with Crippen molar-refractivity contribution in [3.8, 4) is 11.4 Å². The van der Waals surface area contributed by atoms with Crippen molar-refractivity contribution in [1.29, 1.82) is 0 Å². The summed E-state index contributed by atoms with van der Waals surface area (Å²) in [5, 5.41) is 3.22. The van der Waals surface area contributed by atoms with Crippen LogP contribution in [0.15, 0.2) is 51.4 Å². The van der Waals surface area contributed by atoms with E-state index in [0.717, 1.165) is 24.5 Å². The Morgan fingerprint density at radius 2 is 1.90 bits per heavy atom. The molecular weight excluding hydrogens is 433 g/mol. The minimum absolute atomic E-state index is 0.0440. The molecule has 1 atom stereocenters. The predicted molar refractivity (Wildman–Crippen MR) is 95.6 cm³/mol. The third-order valence-electron chi connectivity index (χ3n) is 3.75. The van der Waals surface area contributed by atoms with E-state index >= 15 is 0 Å². The van der Waals surface area contributed by atoms with E-state index in [1.165, 1.54) is 18.2 Å². The topological polar surface area (TPSA) is 85.4 Å². The summed E-state index contributed by atoms with van der Waals surface area (Å²) >= 11 is 0. The van der Waals surface area contributed by atoms with Gasteiger partial charge in [0.25, 0.3) is 5.91 Å². The van der Waals surface area contributed by atoms with Gasteiger partial charge in [0.1, 0.15) is 11.6 Å². The molecule has 0 bridgehead atoms. The summed E-state index contributed by atoms with van der Waals surface area (Å²) < 4.78 is 84.9. The lowest BCUT2D eigenvalue weighted by molar-refractivity contribution is -0.159. The molecular formula is C18H12F5N3O3S. The number of hydrogen-bond donors (Lipinski definition) is 0. The Hall–Kier alpha value is -3.15. The zero-order chi connectivity index (χ0) is 22.1. The van der Waals surface area contributed by atoms with Gasteiger partial charge in [-0.05, 0) is 18.2 Å². The smallest absolute Gasteiger partial charge is 0.329 e. The van der Waals surface area contributed by atoms with Crippen LogP contribution in [0.2, 0.25) is 0 Å². The molecule has 0 saturated heterocycles. The van der Waals surface area contributed by atoms with Gasteiger partial charge in [0.15, 0.2) is 0 Å². The summed E-state index contributed by atoms with van der Waals surface area (Å²) in [6.45, 7) is 0. The van der Waals surface area contributed by atoms with Gasteiger partial charge in [-0.3, -0.25) is 4.79 Å². The van der Waals surface area contributed by atoms with Crippen LogP contribution in [0, 0.1) is 11.6 Å². The Bertz CT molecular complexity index is 1230. The average Bonchev–Trinajstić information content (AvgIpc) is 3.14. The highest BCUT2D eigenvalue weighted by Gasteiger charge is 2.38. The van der Waals surface area contributed by atoms with Crippen molar-refractivity contribution in [2.45, 2.75) is 11.9 Å².